The topological polar surface area (TPSA) is 95.0 Å². The minimum Gasteiger partial charge on any atom is -0.508 e. The van der Waals surface area contributed by atoms with Crippen molar-refractivity contribution < 1.29 is 24.3 Å². The second-order valence-electron chi connectivity index (χ2n) is 11.2. The van der Waals surface area contributed by atoms with Gasteiger partial charge in [0.15, 0.2) is 9.75 Å². The van der Waals surface area contributed by atoms with Crippen LogP contribution in [-0.2, 0) is 19.2 Å². The number of aromatic hydroxyl groups is 1. The van der Waals surface area contributed by atoms with Gasteiger partial charge in [0.05, 0.1) is 17.5 Å². The van der Waals surface area contributed by atoms with Crippen molar-refractivity contribution in [2.45, 2.75) is 28.5 Å². The lowest BCUT2D eigenvalue weighted by atomic mass is 9.56. The van der Waals surface area contributed by atoms with Crippen molar-refractivity contribution in [3.63, 3.8) is 0 Å². The van der Waals surface area contributed by atoms with Crippen LogP contribution in [-0.4, -0.2) is 50.4 Å². The third-order valence-electron chi connectivity index (χ3n) is 9.34. The number of phenols is 1. The van der Waals surface area contributed by atoms with E-state index in [4.69, 9.17) is 34.8 Å². The molecule has 208 valence electrons. The lowest BCUT2D eigenvalue weighted by molar-refractivity contribution is -0.138. The van der Waals surface area contributed by atoms with Crippen LogP contribution in [0, 0.1) is 17.8 Å². The Labute approximate surface area is 250 Å². The van der Waals surface area contributed by atoms with Crippen LogP contribution in [0.5, 0.6) is 5.75 Å². The maximum absolute atomic E-state index is 14.1. The summed E-state index contributed by atoms with van der Waals surface area (Å²) < 4.78 is 0. The van der Waals surface area contributed by atoms with Gasteiger partial charge in [-0.05, 0) is 59.9 Å². The first-order valence-corrected chi connectivity index (χ1v) is 14.4. The zero-order valence-electron chi connectivity index (χ0n) is 21.7. The summed E-state index contributed by atoms with van der Waals surface area (Å²) in [4.78, 5) is 53.4. The van der Waals surface area contributed by atoms with Crippen molar-refractivity contribution in [2.75, 3.05) is 11.9 Å². The van der Waals surface area contributed by atoms with Crippen LogP contribution in [0.15, 0.2) is 72.3 Å². The van der Waals surface area contributed by atoms with Crippen molar-refractivity contribution in [2.24, 2.45) is 17.8 Å². The number of nitrogens with zero attached hydrogens (tertiary/aromatic N) is 2. The number of allylic oxidation sites excluding steroid dienone is 2. The van der Waals surface area contributed by atoms with E-state index in [0.29, 0.717) is 27.2 Å². The van der Waals surface area contributed by atoms with Crippen molar-refractivity contribution in [1.82, 2.24) is 4.90 Å². The van der Waals surface area contributed by atoms with Gasteiger partial charge in [0.2, 0.25) is 11.8 Å². The lowest BCUT2D eigenvalue weighted by Crippen LogP contribution is -2.60. The molecule has 0 bridgehead atoms. The SMILES string of the molecule is CN1C(=O)[C@]2(Cl)C[C@@H]3C(=CC[C@@H]4C(=O)N(c5ccc(Cl)cc5)C(=O)[C@@H]43)[C@H](c3c(O)ccc4ccccc34)[C@]2(Cl)C1=O. The van der Waals surface area contributed by atoms with Crippen LogP contribution in [0.4, 0.5) is 5.69 Å². The Hall–Kier alpha value is -3.39. The predicted octanol–water partition coefficient (Wildman–Crippen LogP) is 5.39. The van der Waals surface area contributed by atoms with Crippen molar-refractivity contribution in [3.05, 3.63) is 82.9 Å². The average Bonchev–Trinajstić information content (AvgIpc) is 3.29. The Morgan fingerprint density at radius 1 is 0.878 bits per heavy atom. The van der Waals surface area contributed by atoms with Crippen molar-refractivity contribution in [1.29, 1.82) is 0 Å². The standard InChI is InChI=1S/C31H23Cl3N2O5/c1-35-28(40)30(33)14-21-19(11-12-20-23(21)27(39)36(26(20)38)17-9-7-16(32)8-10-17)25(31(30,34)29(35)41)24-18-5-3-2-4-15(18)6-13-22(24)37/h2-11,13,20-21,23,25,37H,12,14H2,1H3/t20-,21+,23-,25+,30+,31-/m0/s1. The van der Waals surface area contributed by atoms with E-state index in [0.717, 1.165) is 10.3 Å². The summed E-state index contributed by atoms with van der Waals surface area (Å²) in [6.07, 6.45) is 1.97. The molecule has 0 aromatic heterocycles. The smallest absolute Gasteiger partial charge is 0.253 e. The molecule has 2 aliphatic heterocycles. The Bertz CT molecular complexity index is 1740. The molecule has 0 spiro atoms. The largest absolute Gasteiger partial charge is 0.508 e. The number of halogens is 3. The van der Waals surface area contributed by atoms with Crippen LogP contribution in [0.1, 0.15) is 24.3 Å². The minimum absolute atomic E-state index is 0.108. The summed E-state index contributed by atoms with van der Waals surface area (Å²) in [6, 6.07) is 17.1. The van der Waals surface area contributed by atoms with Gasteiger partial charge in [-0.3, -0.25) is 29.0 Å². The summed E-state index contributed by atoms with van der Waals surface area (Å²) in [6.45, 7) is 0. The molecule has 3 fully saturated rings. The first-order chi connectivity index (χ1) is 19.5. The highest BCUT2D eigenvalue weighted by molar-refractivity contribution is 6.53. The second kappa shape index (κ2) is 8.81. The summed E-state index contributed by atoms with van der Waals surface area (Å²) in [5.74, 6) is -5.44. The number of carbonyl (C=O) groups is 4. The molecule has 0 radical (unpaired) electrons. The summed E-state index contributed by atoms with van der Waals surface area (Å²) in [5, 5.41) is 13.2. The normalized spacial score (nSPS) is 32.7. The number of fused-ring (bicyclic) bond motifs is 5. The third kappa shape index (κ3) is 3.28. The molecule has 10 heteroatoms. The Morgan fingerprint density at radius 2 is 1.59 bits per heavy atom. The zero-order chi connectivity index (χ0) is 29.0. The summed E-state index contributed by atoms with van der Waals surface area (Å²) in [7, 11) is 1.34. The maximum atomic E-state index is 14.1. The molecule has 2 heterocycles. The number of rotatable bonds is 2. The molecule has 3 aromatic rings. The van der Waals surface area contributed by atoms with Crippen LogP contribution >= 0.6 is 34.8 Å². The monoisotopic (exact) mass is 608 g/mol. The van der Waals surface area contributed by atoms with Gasteiger partial charge in [0, 0.05) is 23.6 Å². The van der Waals surface area contributed by atoms with Gasteiger partial charge in [-0.25, -0.2) is 0 Å². The molecule has 3 aromatic carbocycles. The highest BCUT2D eigenvalue weighted by atomic mass is 35.5. The molecular formula is C31H23Cl3N2O5. The van der Waals surface area contributed by atoms with Gasteiger partial charge in [0.25, 0.3) is 11.8 Å². The van der Waals surface area contributed by atoms with Gasteiger partial charge >= 0.3 is 0 Å². The number of benzene rings is 3. The molecule has 2 aliphatic carbocycles. The highest BCUT2D eigenvalue weighted by Crippen LogP contribution is 2.66. The molecule has 2 saturated heterocycles. The zero-order valence-corrected chi connectivity index (χ0v) is 24.0. The van der Waals surface area contributed by atoms with Gasteiger partial charge in [-0.2, -0.15) is 0 Å². The number of likely N-dealkylation sites (tertiary alicyclic amines) is 1. The molecule has 7 nitrogen and oxygen atoms in total. The molecule has 1 saturated carbocycles. The minimum atomic E-state index is -1.97. The Balaban J connectivity index is 1.45. The Morgan fingerprint density at radius 3 is 2.32 bits per heavy atom. The molecule has 1 N–H and O–H groups in total. The number of hydrogen-bond donors (Lipinski definition) is 1. The quantitative estimate of drug-likeness (QED) is 0.239. The van der Waals surface area contributed by atoms with Gasteiger partial charge in [0.1, 0.15) is 5.75 Å². The van der Waals surface area contributed by atoms with E-state index < -0.39 is 51.1 Å². The fourth-order valence-electron chi connectivity index (χ4n) is 7.49. The van der Waals surface area contributed by atoms with Gasteiger partial charge in [-0.15, -0.1) is 23.2 Å². The van der Waals surface area contributed by atoms with E-state index in [1.807, 2.05) is 30.3 Å². The van der Waals surface area contributed by atoms with Crippen LogP contribution in [0.2, 0.25) is 5.02 Å². The van der Waals surface area contributed by atoms with Gasteiger partial charge in [-0.1, -0.05) is 53.6 Å². The average molecular weight is 610 g/mol. The fourth-order valence-corrected chi connectivity index (χ4v) is 8.62. The Kier molecular flexibility index (Phi) is 5.69. The first kappa shape index (κ1) is 26.5. The van der Waals surface area contributed by atoms with Crippen molar-refractivity contribution >= 4 is 74.9 Å². The number of phenolic OH excluding ortho intramolecular Hbond substituents is 1. The maximum Gasteiger partial charge on any atom is 0.253 e. The molecule has 41 heavy (non-hydrogen) atoms. The fraction of sp³-hybridized carbons (Fsp3) is 0.290. The second-order valence-corrected chi connectivity index (χ2v) is 12.9. The van der Waals surface area contributed by atoms with E-state index in [2.05, 4.69) is 0 Å². The molecule has 4 amide bonds. The van der Waals surface area contributed by atoms with E-state index in [1.165, 1.54) is 18.0 Å². The van der Waals surface area contributed by atoms with E-state index in [9.17, 15) is 24.3 Å². The number of carbonyl (C=O) groups excluding carboxylic acids is 4. The first-order valence-electron chi connectivity index (χ1n) is 13.2. The van der Waals surface area contributed by atoms with E-state index in [-0.39, 0.29) is 24.5 Å². The number of imide groups is 2. The molecule has 6 atom stereocenters. The number of amides is 4. The lowest BCUT2D eigenvalue weighted by Gasteiger charge is -2.51. The molecule has 7 rings (SSSR count). The van der Waals surface area contributed by atoms with Crippen molar-refractivity contribution in [3.8, 4) is 5.75 Å². The summed E-state index contributed by atoms with van der Waals surface area (Å²) >= 11 is 20.6. The molecule has 4 aliphatic rings. The predicted molar refractivity (Wildman–Crippen MR) is 155 cm³/mol. The van der Waals surface area contributed by atoms with Crippen LogP contribution in [0.3, 0.4) is 0 Å². The van der Waals surface area contributed by atoms with Crippen LogP contribution in [0.25, 0.3) is 10.8 Å². The third-order valence-corrected chi connectivity index (χ3v) is 11.0. The summed E-state index contributed by atoms with van der Waals surface area (Å²) in [5.41, 5.74) is 1.39. The molecule has 0 unspecified atom stereocenters. The highest BCUT2D eigenvalue weighted by Gasteiger charge is 2.76. The van der Waals surface area contributed by atoms with E-state index >= 15 is 0 Å². The van der Waals surface area contributed by atoms with Crippen LogP contribution < -0.4 is 4.90 Å². The number of hydrogen-bond acceptors (Lipinski definition) is 5. The number of anilines is 1. The van der Waals surface area contributed by atoms with E-state index in [1.54, 1.807) is 30.3 Å². The molecular weight excluding hydrogens is 587 g/mol. The number of alkyl halides is 2. The van der Waals surface area contributed by atoms with Gasteiger partial charge < -0.3 is 5.11 Å².